The van der Waals surface area contributed by atoms with Gasteiger partial charge in [-0.15, -0.1) is 6.58 Å². The van der Waals surface area contributed by atoms with Crippen LogP contribution in [-0.2, 0) is 15.1 Å². The number of carbonyl (C=O) groups is 2. The molecular weight excluding hydrogens is 373 g/mol. The van der Waals surface area contributed by atoms with Crippen LogP contribution in [0, 0.1) is 5.82 Å². The lowest BCUT2D eigenvalue weighted by Gasteiger charge is -2.43. The fourth-order valence-corrected chi connectivity index (χ4v) is 3.70. The highest BCUT2D eigenvalue weighted by atomic mass is 19.1. The van der Waals surface area contributed by atoms with Gasteiger partial charge in [0.25, 0.3) is 0 Å². The molecule has 152 valence electrons. The van der Waals surface area contributed by atoms with Crippen LogP contribution in [0.1, 0.15) is 47.3 Å². The van der Waals surface area contributed by atoms with Crippen molar-refractivity contribution in [1.82, 2.24) is 4.90 Å². The summed E-state index contributed by atoms with van der Waals surface area (Å²) in [7, 11) is 1.33. The number of cyclic esters (lactones) is 1. The number of carbonyl (C=O) groups excluding carboxylic acids is 2. The first kappa shape index (κ1) is 20.6. The second-order valence-corrected chi connectivity index (χ2v) is 7.10. The SMILES string of the molecule is C=CCC1(c2ccc(F)cc2)CCN([C@@H](C)c2cccc(C(=O)OC)c2)C(=O)O1. The molecule has 3 rings (SSSR count). The lowest BCUT2D eigenvalue weighted by molar-refractivity contribution is -0.0588. The van der Waals surface area contributed by atoms with Crippen molar-refractivity contribution < 1.29 is 23.5 Å². The Labute approximate surface area is 169 Å². The monoisotopic (exact) mass is 397 g/mol. The zero-order valence-electron chi connectivity index (χ0n) is 16.6. The first-order chi connectivity index (χ1) is 13.9. The average molecular weight is 397 g/mol. The Morgan fingerprint density at radius 3 is 2.69 bits per heavy atom. The van der Waals surface area contributed by atoms with Crippen molar-refractivity contribution in [3.8, 4) is 0 Å². The maximum absolute atomic E-state index is 13.3. The minimum absolute atomic E-state index is 0.290. The average Bonchev–Trinajstić information content (AvgIpc) is 2.73. The van der Waals surface area contributed by atoms with E-state index in [-0.39, 0.29) is 11.9 Å². The lowest BCUT2D eigenvalue weighted by Crippen LogP contribution is -2.48. The molecule has 0 aliphatic carbocycles. The zero-order chi connectivity index (χ0) is 21.0. The van der Waals surface area contributed by atoms with E-state index in [0.717, 1.165) is 11.1 Å². The topological polar surface area (TPSA) is 55.8 Å². The maximum Gasteiger partial charge on any atom is 0.411 e. The van der Waals surface area contributed by atoms with E-state index in [0.29, 0.717) is 24.9 Å². The Balaban J connectivity index is 1.83. The molecule has 1 aliphatic heterocycles. The molecule has 2 atom stereocenters. The third-order valence-electron chi connectivity index (χ3n) is 5.38. The fourth-order valence-electron chi connectivity index (χ4n) is 3.70. The van der Waals surface area contributed by atoms with Gasteiger partial charge in [0, 0.05) is 19.4 Å². The fraction of sp³-hybridized carbons (Fsp3) is 0.304. The summed E-state index contributed by atoms with van der Waals surface area (Å²) in [4.78, 5) is 26.3. The van der Waals surface area contributed by atoms with Gasteiger partial charge in [0.05, 0.1) is 18.7 Å². The van der Waals surface area contributed by atoms with Crippen LogP contribution in [0.5, 0.6) is 0 Å². The molecule has 0 saturated carbocycles. The van der Waals surface area contributed by atoms with E-state index in [9.17, 15) is 14.0 Å². The predicted octanol–water partition coefficient (Wildman–Crippen LogP) is 4.99. The Kier molecular flexibility index (Phi) is 6.01. The van der Waals surface area contributed by atoms with Crippen molar-refractivity contribution in [1.29, 1.82) is 0 Å². The molecule has 29 heavy (non-hydrogen) atoms. The van der Waals surface area contributed by atoms with E-state index in [1.807, 2.05) is 13.0 Å². The highest BCUT2D eigenvalue weighted by Crippen LogP contribution is 2.39. The van der Waals surface area contributed by atoms with Gasteiger partial charge in [0.2, 0.25) is 0 Å². The second kappa shape index (κ2) is 8.47. The number of nitrogens with zero attached hydrogens (tertiary/aromatic N) is 1. The number of esters is 1. The van der Waals surface area contributed by atoms with Gasteiger partial charge < -0.3 is 14.4 Å². The quantitative estimate of drug-likeness (QED) is 0.509. The molecule has 1 aliphatic rings. The second-order valence-electron chi connectivity index (χ2n) is 7.10. The Morgan fingerprint density at radius 2 is 2.07 bits per heavy atom. The van der Waals surface area contributed by atoms with Crippen LogP contribution in [0.3, 0.4) is 0 Å². The van der Waals surface area contributed by atoms with E-state index in [1.54, 1.807) is 41.3 Å². The summed E-state index contributed by atoms with van der Waals surface area (Å²) in [5.41, 5.74) is 1.11. The molecule has 0 bridgehead atoms. The minimum atomic E-state index is -0.864. The smallest absolute Gasteiger partial charge is 0.411 e. The van der Waals surface area contributed by atoms with Gasteiger partial charge in [-0.05, 0) is 42.3 Å². The molecule has 2 aromatic carbocycles. The van der Waals surface area contributed by atoms with Gasteiger partial charge in [-0.2, -0.15) is 0 Å². The number of rotatable bonds is 6. The van der Waals surface area contributed by atoms with Crippen LogP contribution in [0.15, 0.2) is 61.2 Å². The maximum atomic E-state index is 13.3. The van der Waals surface area contributed by atoms with Gasteiger partial charge in [-0.25, -0.2) is 14.0 Å². The summed E-state index contributed by atoms with van der Waals surface area (Å²) in [5.74, 6) is -0.771. The van der Waals surface area contributed by atoms with Crippen LogP contribution < -0.4 is 0 Å². The van der Waals surface area contributed by atoms with Crippen LogP contribution >= 0.6 is 0 Å². The van der Waals surface area contributed by atoms with Crippen molar-refractivity contribution >= 4 is 12.1 Å². The van der Waals surface area contributed by atoms with Crippen molar-refractivity contribution in [2.75, 3.05) is 13.7 Å². The molecule has 0 aromatic heterocycles. The summed E-state index contributed by atoms with van der Waals surface area (Å²) < 4.78 is 24.0. The van der Waals surface area contributed by atoms with Gasteiger partial charge in [-0.1, -0.05) is 30.3 Å². The van der Waals surface area contributed by atoms with Crippen molar-refractivity contribution in [2.45, 2.75) is 31.4 Å². The van der Waals surface area contributed by atoms with Crippen molar-refractivity contribution in [2.24, 2.45) is 0 Å². The van der Waals surface area contributed by atoms with Crippen LogP contribution in [0.4, 0.5) is 9.18 Å². The number of benzene rings is 2. The summed E-state index contributed by atoms with van der Waals surface area (Å²) in [6.07, 6.45) is 2.22. The number of hydrogen-bond acceptors (Lipinski definition) is 4. The first-order valence-corrected chi connectivity index (χ1v) is 9.45. The Bertz CT molecular complexity index is 911. The van der Waals surface area contributed by atoms with Gasteiger partial charge in [0.1, 0.15) is 11.4 Å². The number of methoxy groups -OCH3 is 1. The number of hydrogen-bond donors (Lipinski definition) is 0. The molecule has 0 spiro atoms. The standard InChI is InChI=1S/C23H24FNO4/c1-4-12-23(19-8-10-20(24)11-9-19)13-14-25(22(27)29-23)16(2)17-6-5-7-18(15-17)21(26)28-3/h4-11,15-16H,1,12-14H2,2-3H3/t16-,23?/m0/s1. The first-order valence-electron chi connectivity index (χ1n) is 9.45. The molecule has 2 aromatic rings. The minimum Gasteiger partial charge on any atom is -0.465 e. The molecule has 0 N–H and O–H groups in total. The van der Waals surface area contributed by atoms with Crippen molar-refractivity contribution in [3.63, 3.8) is 0 Å². The molecular formula is C23H24FNO4. The molecule has 0 radical (unpaired) electrons. The third-order valence-corrected chi connectivity index (χ3v) is 5.38. The zero-order valence-corrected chi connectivity index (χ0v) is 16.6. The number of ether oxygens (including phenoxy) is 2. The summed E-state index contributed by atoms with van der Waals surface area (Å²) in [5, 5.41) is 0. The van der Waals surface area contributed by atoms with Gasteiger partial charge in [-0.3, -0.25) is 0 Å². The van der Waals surface area contributed by atoms with Crippen LogP contribution in [0.25, 0.3) is 0 Å². The van der Waals surface area contributed by atoms with E-state index < -0.39 is 17.7 Å². The number of halogens is 1. The molecule has 1 saturated heterocycles. The summed E-state index contributed by atoms with van der Waals surface area (Å²) in [6.45, 7) is 6.12. The molecule has 1 heterocycles. The van der Waals surface area contributed by atoms with Crippen LogP contribution in [0.2, 0.25) is 0 Å². The molecule has 6 heteroatoms. The van der Waals surface area contributed by atoms with Crippen molar-refractivity contribution in [3.05, 3.63) is 83.7 Å². The normalized spacial score (nSPS) is 20.0. The molecule has 1 unspecified atom stereocenters. The predicted molar refractivity (Wildman–Crippen MR) is 107 cm³/mol. The van der Waals surface area contributed by atoms with E-state index in [4.69, 9.17) is 9.47 Å². The molecule has 5 nitrogen and oxygen atoms in total. The van der Waals surface area contributed by atoms with E-state index in [2.05, 4.69) is 6.58 Å². The largest absolute Gasteiger partial charge is 0.465 e. The van der Waals surface area contributed by atoms with Crippen LogP contribution in [-0.4, -0.2) is 30.6 Å². The Morgan fingerprint density at radius 1 is 1.34 bits per heavy atom. The molecule has 1 amide bonds. The highest BCUT2D eigenvalue weighted by Gasteiger charge is 2.42. The summed E-state index contributed by atoms with van der Waals surface area (Å²) in [6, 6.07) is 12.7. The van der Waals surface area contributed by atoms with Gasteiger partial charge >= 0.3 is 12.1 Å². The van der Waals surface area contributed by atoms with E-state index >= 15 is 0 Å². The molecule has 1 fully saturated rings. The highest BCUT2D eigenvalue weighted by molar-refractivity contribution is 5.89. The number of amides is 1. The van der Waals surface area contributed by atoms with Gasteiger partial charge in [0.15, 0.2) is 0 Å². The lowest BCUT2D eigenvalue weighted by atomic mass is 9.85. The Hall–Kier alpha value is -3.15. The van der Waals surface area contributed by atoms with E-state index in [1.165, 1.54) is 19.2 Å². The third kappa shape index (κ3) is 4.16. The summed E-state index contributed by atoms with van der Waals surface area (Å²) >= 11 is 0.